The van der Waals surface area contributed by atoms with Crippen LogP contribution < -0.4 is 5.32 Å². The van der Waals surface area contributed by atoms with E-state index in [2.05, 4.69) is 11.5 Å². The average Bonchev–Trinajstić information content (AvgIpc) is 1.76. The highest BCUT2D eigenvalue weighted by atomic mass is 14.8. The number of nitrogens with one attached hydrogen (secondary N) is 1. The lowest BCUT2D eigenvalue weighted by Gasteiger charge is -1.64. The van der Waals surface area contributed by atoms with E-state index in [1.165, 1.54) is 0 Å². The molecule has 0 saturated heterocycles. The van der Waals surface area contributed by atoms with Crippen molar-refractivity contribution in [1.82, 2.24) is 5.32 Å². The zero-order valence-electron chi connectivity index (χ0n) is 2.99. The molecular weight excluding hydrogens is 62.1 g/mol. The van der Waals surface area contributed by atoms with Crippen LogP contribution in [-0.4, -0.2) is 6.54 Å². The van der Waals surface area contributed by atoms with Crippen molar-refractivity contribution in [2.45, 2.75) is 6.42 Å². The van der Waals surface area contributed by atoms with Gasteiger partial charge >= 0.3 is 6.20 Å². The van der Waals surface area contributed by atoms with Crippen molar-refractivity contribution in [3.8, 4) is 0 Å². The highest BCUT2D eigenvalue weighted by molar-refractivity contribution is 4.79. The van der Waals surface area contributed by atoms with Gasteiger partial charge in [0.15, 0.2) is 6.08 Å². The minimum Gasteiger partial charge on any atom is -0.185 e. The molecule has 0 atom stereocenters. The summed E-state index contributed by atoms with van der Waals surface area (Å²) in [6.45, 7) is 1.08. The Morgan fingerprint density at radius 2 is 2.80 bits per heavy atom. The summed E-state index contributed by atoms with van der Waals surface area (Å²) >= 11 is 0. The largest absolute Gasteiger partial charge is 0.362 e. The molecule has 1 aliphatic rings. The molecule has 1 heterocycles. The van der Waals surface area contributed by atoms with E-state index in [-0.39, 0.29) is 0 Å². The van der Waals surface area contributed by atoms with E-state index in [0.29, 0.717) is 0 Å². The summed E-state index contributed by atoms with van der Waals surface area (Å²) in [7, 11) is 0. The fraction of sp³-hybridized carbons (Fsp3) is 0.500. The minimum absolute atomic E-state index is 1.08. The highest BCUT2D eigenvalue weighted by Crippen LogP contribution is 1.82. The molecule has 0 aromatic rings. The zero-order chi connectivity index (χ0) is 3.54. The number of hydrogen-bond acceptors (Lipinski definition) is 1. The SMILES string of the molecule is [C+]1=CCCN1. The highest BCUT2D eigenvalue weighted by Gasteiger charge is 1.98. The van der Waals surface area contributed by atoms with Crippen LogP contribution in [0.1, 0.15) is 6.42 Å². The van der Waals surface area contributed by atoms with Crippen LogP contribution in [0.3, 0.4) is 0 Å². The van der Waals surface area contributed by atoms with Gasteiger partial charge in [0.2, 0.25) is 0 Å². The van der Waals surface area contributed by atoms with E-state index in [9.17, 15) is 0 Å². The maximum atomic E-state index is 2.92. The van der Waals surface area contributed by atoms with Crippen molar-refractivity contribution in [1.29, 1.82) is 0 Å². The van der Waals surface area contributed by atoms with Gasteiger partial charge in [-0.3, -0.25) is 0 Å². The first kappa shape index (κ1) is 2.67. The van der Waals surface area contributed by atoms with Crippen molar-refractivity contribution in [2.75, 3.05) is 6.54 Å². The molecule has 0 unspecified atom stereocenters. The first-order valence-corrected chi connectivity index (χ1v) is 1.80. The van der Waals surface area contributed by atoms with Gasteiger partial charge < -0.3 is 0 Å². The van der Waals surface area contributed by atoms with E-state index < -0.39 is 0 Å². The van der Waals surface area contributed by atoms with Gasteiger partial charge in [-0.1, -0.05) is 0 Å². The molecule has 0 aromatic heterocycles. The summed E-state index contributed by atoms with van der Waals surface area (Å²) < 4.78 is 0. The topological polar surface area (TPSA) is 12.0 Å². The van der Waals surface area contributed by atoms with Crippen LogP contribution in [0.25, 0.3) is 0 Å². The molecule has 5 heavy (non-hydrogen) atoms. The van der Waals surface area contributed by atoms with Crippen LogP contribution in [0.15, 0.2) is 6.08 Å². The third kappa shape index (κ3) is 0.366. The van der Waals surface area contributed by atoms with Crippen molar-refractivity contribution < 1.29 is 0 Å². The second-order valence-electron chi connectivity index (χ2n) is 1.06. The van der Waals surface area contributed by atoms with Crippen LogP contribution in [-0.2, 0) is 0 Å². The molecule has 0 fully saturated rings. The van der Waals surface area contributed by atoms with Crippen molar-refractivity contribution in [2.24, 2.45) is 0 Å². The third-order valence-corrected chi connectivity index (χ3v) is 0.618. The molecular formula is C4H6N+. The molecule has 26 valence electrons. The summed E-state index contributed by atoms with van der Waals surface area (Å²) in [4.78, 5) is 0. The lowest BCUT2D eigenvalue weighted by molar-refractivity contribution is 0.902. The van der Waals surface area contributed by atoms with Crippen LogP contribution in [0.5, 0.6) is 0 Å². The predicted molar refractivity (Wildman–Crippen MR) is 20.4 cm³/mol. The number of hydrogen-bond donors (Lipinski definition) is 1. The molecule has 1 rings (SSSR count). The van der Waals surface area contributed by atoms with Gasteiger partial charge in [0, 0.05) is 6.42 Å². The molecule has 0 radical (unpaired) electrons. The van der Waals surface area contributed by atoms with Crippen molar-refractivity contribution >= 4 is 0 Å². The third-order valence-electron chi connectivity index (χ3n) is 0.618. The molecule has 0 amide bonds. The fourth-order valence-corrected chi connectivity index (χ4v) is 0.361. The smallest absolute Gasteiger partial charge is 0.185 e. The lowest BCUT2D eigenvalue weighted by atomic mass is 10.5. The van der Waals surface area contributed by atoms with E-state index in [1.54, 1.807) is 0 Å². The van der Waals surface area contributed by atoms with E-state index in [0.717, 1.165) is 13.0 Å². The Morgan fingerprint density at radius 1 is 1.80 bits per heavy atom. The maximum Gasteiger partial charge on any atom is 0.362 e. The number of rotatable bonds is 0. The van der Waals surface area contributed by atoms with Gasteiger partial charge in [-0.25, -0.2) is 0 Å². The Hall–Kier alpha value is -0.550. The summed E-state index contributed by atoms with van der Waals surface area (Å²) in [5, 5.41) is 2.92. The van der Waals surface area contributed by atoms with Crippen LogP contribution in [0.4, 0.5) is 0 Å². The maximum absolute atomic E-state index is 2.92. The van der Waals surface area contributed by atoms with Crippen LogP contribution in [0, 0.1) is 6.20 Å². The summed E-state index contributed by atoms with van der Waals surface area (Å²) in [5.41, 5.74) is 0. The molecule has 0 aromatic carbocycles. The second-order valence-corrected chi connectivity index (χ2v) is 1.06. The Morgan fingerprint density at radius 3 is 3.00 bits per heavy atom. The molecule has 0 saturated carbocycles. The van der Waals surface area contributed by atoms with E-state index >= 15 is 0 Å². The molecule has 1 N–H and O–H groups in total. The normalized spacial score (nSPS) is 17.6. The zero-order valence-corrected chi connectivity index (χ0v) is 2.99. The van der Waals surface area contributed by atoms with Crippen molar-refractivity contribution in [3.05, 3.63) is 12.3 Å². The summed E-state index contributed by atoms with van der Waals surface area (Å²) in [6.07, 6.45) is 6.00. The Balaban J connectivity index is 2.32. The van der Waals surface area contributed by atoms with E-state index in [1.807, 2.05) is 6.08 Å². The lowest BCUT2D eigenvalue weighted by Crippen LogP contribution is -1.97. The monoisotopic (exact) mass is 68.0 g/mol. The van der Waals surface area contributed by atoms with Crippen molar-refractivity contribution in [3.63, 3.8) is 0 Å². The first-order valence-electron chi connectivity index (χ1n) is 1.80. The molecule has 1 heteroatoms. The average molecular weight is 68.1 g/mol. The van der Waals surface area contributed by atoms with E-state index in [4.69, 9.17) is 0 Å². The van der Waals surface area contributed by atoms with Gasteiger partial charge in [0.25, 0.3) is 0 Å². The second kappa shape index (κ2) is 1.05. The summed E-state index contributed by atoms with van der Waals surface area (Å²) in [6, 6.07) is 0. The van der Waals surface area contributed by atoms with Gasteiger partial charge in [0.1, 0.15) is 0 Å². The van der Waals surface area contributed by atoms with Gasteiger partial charge in [-0.2, -0.15) is 5.32 Å². The standard InChI is InChI=1S/C4H6N/c1-2-4-5-3-1/h1,5H,2,4H2/q+1. The Bertz CT molecular complexity index is 41.6. The Labute approximate surface area is 31.7 Å². The molecule has 0 aliphatic carbocycles. The van der Waals surface area contributed by atoms with Gasteiger partial charge in [0.05, 0.1) is 6.54 Å². The fourth-order valence-electron chi connectivity index (χ4n) is 0.361. The van der Waals surface area contributed by atoms with Gasteiger partial charge in [-0.15, -0.1) is 0 Å². The molecule has 1 aliphatic heterocycles. The molecule has 0 bridgehead atoms. The predicted octanol–water partition coefficient (Wildman–Crippen LogP) is 0.297. The molecule has 1 nitrogen and oxygen atoms in total. The van der Waals surface area contributed by atoms with Crippen LogP contribution >= 0.6 is 0 Å². The Kier molecular flexibility index (Phi) is 0.559. The minimum atomic E-state index is 1.08. The van der Waals surface area contributed by atoms with Crippen LogP contribution in [0.2, 0.25) is 0 Å². The summed E-state index contributed by atoms with van der Waals surface area (Å²) in [5.74, 6) is 0. The quantitative estimate of drug-likeness (QED) is 0.402. The first-order chi connectivity index (χ1) is 2.50. The van der Waals surface area contributed by atoms with Gasteiger partial charge in [-0.05, 0) is 0 Å². The molecule has 0 spiro atoms.